The van der Waals surface area contributed by atoms with Crippen molar-refractivity contribution in [1.82, 2.24) is 14.9 Å². The van der Waals surface area contributed by atoms with E-state index >= 15 is 0 Å². The van der Waals surface area contributed by atoms with Gasteiger partial charge in [-0.25, -0.2) is 23.2 Å². The van der Waals surface area contributed by atoms with Gasteiger partial charge in [0.1, 0.15) is 4.75 Å². The quantitative estimate of drug-likeness (QED) is 0.685. The Hall–Kier alpha value is -2.73. The van der Waals surface area contributed by atoms with Crippen molar-refractivity contribution in [1.29, 1.82) is 0 Å². The number of carbonyl (C=O) groups is 1. The van der Waals surface area contributed by atoms with Crippen LogP contribution in [0, 0.1) is 12.8 Å². The first-order valence-electron chi connectivity index (χ1n) is 10.1. The van der Waals surface area contributed by atoms with Gasteiger partial charge in [-0.3, -0.25) is 4.90 Å². The maximum Gasteiger partial charge on any atom is 0.490 e. The number of alkyl halides is 3. The summed E-state index contributed by atoms with van der Waals surface area (Å²) in [7, 11) is -3.10. The Morgan fingerprint density at radius 1 is 1.21 bits per heavy atom. The van der Waals surface area contributed by atoms with Crippen LogP contribution in [0.2, 0.25) is 0 Å². The summed E-state index contributed by atoms with van der Waals surface area (Å²) in [5.41, 5.74) is 2.49. The Labute approximate surface area is 189 Å². The van der Waals surface area contributed by atoms with Gasteiger partial charge < -0.3 is 9.84 Å². The fraction of sp³-hybridized carbons (Fsp3) is 0.476. The molecular formula is C21H24F3N3O5S. The third kappa shape index (κ3) is 5.61. The van der Waals surface area contributed by atoms with Crippen LogP contribution in [0.1, 0.15) is 17.5 Å². The molecule has 2 saturated heterocycles. The van der Waals surface area contributed by atoms with Gasteiger partial charge in [0, 0.05) is 37.9 Å². The molecule has 2 aliphatic heterocycles. The van der Waals surface area contributed by atoms with Crippen LogP contribution in [0.3, 0.4) is 0 Å². The highest BCUT2D eigenvalue weighted by Crippen LogP contribution is 2.45. The van der Waals surface area contributed by atoms with E-state index in [1.165, 1.54) is 11.1 Å². The monoisotopic (exact) mass is 487 g/mol. The number of aliphatic carboxylic acids is 1. The van der Waals surface area contributed by atoms with Crippen LogP contribution in [0.15, 0.2) is 42.7 Å². The molecule has 8 nitrogen and oxygen atoms in total. The number of carboxylic acid groups (broad SMARTS) is 1. The van der Waals surface area contributed by atoms with Gasteiger partial charge in [-0.2, -0.15) is 13.2 Å². The molecule has 2 aliphatic rings. The first-order chi connectivity index (χ1) is 15.4. The van der Waals surface area contributed by atoms with E-state index in [-0.39, 0.29) is 11.7 Å². The maximum atomic E-state index is 12.7. The molecule has 2 fully saturated rings. The number of rotatable bonds is 5. The second kappa shape index (κ2) is 9.64. The molecule has 0 saturated carbocycles. The molecule has 1 aromatic carbocycles. The number of nitrogens with zero attached hydrogens (tertiary/aromatic N) is 3. The van der Waals surface area contributed by atoms with Crippen molar-refractivity contribution in [2.24, 2.45) is 5.92 Å². The highest BCUT2D eigenvalue weighted by Gasteiger charge is 2.61. The predicted molar refractivity (Wildman–Crippen MR) is 112 cm³/mol. The van der Waals surface area contributed by atoms with E-state index in [2.05, 4.69) is 33.9 Å². The van der Waals surface area contributed by atoms with E-state index in [1.54, 1.807) is 18.5 Å². The SMILES string of the molecule is Cc1ccccc1CN1CC2(C1)C(COc1ncccn1)CCS2(=O)=O.O=C(O)C(F)(F)F. The lowest BCUT2D eigenvalue weighted by molar-refractivity contribution is -0.192. The van der Waals surface area contributed by atoms with Crippen molar-refractivity contribution in [2.45, 2.75) is 30.8 Å². The molecule has 3 heterocycles. The van der Waals surface area contributed by atoms with E-state index in [1.807, 2.05) is 12.1 Å². The highest BCUT2D eigenvalue weighted by atomic mass is 32.2. The van der Waals surface area contributed by atoms with Crippen molar-refractivity contribution >= 4 is 15.8 Å². The second-order valence-electron chi connectivity index (χ2n) is 8.09. The Morgan fingerprint density at radius 2 is 1.82 bits per heavy atom. The van der Waals surface area contributed by atoms with Gasteiger partial charge in [-0.15, -0.1) is 0 Å². The Balaban J connectivity index is 0.000000383. The molecular weight excluding hydrogens is 463 g/mol. The minimum atomic E-state index is -5.08. The first-order valence-corrected chi connectivity index (χ1v) is 11.8. The van der Waals surface area contributed by atoms with Crippen LogP contribution in [0.4, 0.5) is 13.2 Å². The van der Waals surface area contributed by atoms with Crippen molar-refractivity contribution in [3.8, 4) is 6.01 Å². The zero-order chi connectivity index (χ0) is 24.3. The summed E-state index contributed by atoms with van der Waals surface area (Å²) >= 11 is 0. The number of aromatic nitrogens is 2. The average molecular weight is 488 g/mol. The molecule has 1 unspecified atom stereocenters. The van der Waals surface area contributed by atoms with E-state index in [0.717, 1.165) is 6.54 Å². The Bertz CT molecular complexity index is 1070. The smallest absolute Gasteiger partial charge is 0.475 e. The summed E-state index contributed by atoms with van der Waals surface area (Å²) in [4.78, 5) is 19.2. The van der Waals surface area contributed by atoms with E-state index in [9.17, 15) is 21.6 Å². The van der Waals surface area contributed by atoms with Gasteiger partial charge in [0.2, 0.25) is 0 Å². The van der Waals surface area contributed by atoms with Crippen LogP contribution < -0.4 is 4.74 Å². The van der Waals surface area contributed by atoms with Crippen LogP contribution in [-0.2, 0) is 21.2 Å². The van der Waals surface area contributed by atoms with Crippen LogP contribution in [0.5, 0.6) is 6.01 Å². The maximum absolute atomic E-state index is 12.7. The molecule has 12 heteroatoms. The third-order valence-corrected chi connectivity index (χ3v) is 8.54. The number of hydrogen-bond acceptors (Lipinski definition) is 7. The molecule has 0 bridgehead atoms. The zero-order valence-electron chi connectivity index (χ0n) is 17.8. The highest BCUT2D eigenvalue weighted by molar-refractivity contribution is 7.93. The fourth-order valence-electron chi connectivity index (χ4n) is 4.09. The van der Waals surface area contributed by atoms with Gasteiger partial charge in [-0.1, -0.05) is 24.3 Å². The number of sulfone groups is 1. The second-order valence-corrected chi connectivity index (χ2v) is 10.5. The van der Waals surface area contributed by atoms with Gasteiger partial charge >= 0.3 is 18.2 Å². The average Bonchev–Trinajstić information content (AvgIpc) is 2.99. The third-order valence-electron chi connectivity index (χ3n) is 5.93. The van der Waals surface area contributed by atoms with Crippen molar-refractivity contribution in [3.63, 3.8) is 0 Å². The van der Waals surface area contributed by atoms with Crippen LogP contribution >= 0.6 is 0 Å². The summed E-state index contributed by atoms with van der Waals surface area (Å²) in [5.74, 6) is -2.52. The number of hydrogen-bond donors (Lipinski definition) is 1. The molecule has 1 atom stereocenters. The van der Waals surface area contributed by atoms with Crippen molar-refractivity contribution in [3.05, 3.63) is 53.9 Å². The van der Waals surface area contributed by atoms with E-state index in [4.69, 9.17) is 14.6 Å². The van der Waals surface area contributed by atoms with Gasteiger partial charge in [0.05, 0.1) is 12.4 Å². The van der Waals surface area contributed by atoms with Gasteiger partial charge in [0.15, 0.2) is 9.84 Å². The lowest BCUT2D eigenvalue weighted by atomic mass is 9.83. The topological polar surface area (TPSA) is 110 Å². The molecule has 0 amide bonds. The number of aryl methyl sites for hydroxylation is 1. The first kappa shape index (κ1) is 24.9. The van der Waals surface area contributed by atoms with E-state index < -0.39 is 26.7 Å². The van der Waals surface area contributed by atoms with E-state index in [0.29, 0.717) is 32.1 Å². The molecule has 180 valence electrons. The molecule has 2 aromatic rings. The molecule has 0 aliphatic carbocycles. The van der Waals surface area contributed by atoms with Crippen LogP contribution in [-0.4, -0.2) is 70.7 Å². The number of benzene rings is 1. The lowest BCUT2D eigenvalue weighted by Gasteiger charge is -2.50. The summed E-state index contributed by atoms with van der Waals surface area (Å²) < 4.78 is 62.2. The fourth-order valence-corrected chi connectivity index (χ4v) is 6.55. The predicted octanol–water partition coefficient (Wildman–Crippen LogP) is 2.49. The minimum Gasteiger partial charge on any atom is -0.475 e. The Morgan fingerprint density at radius 3 is 2.39 bits per heavy atom. The number of halogens is 3. The summed E-state index contributed by atoms with van der Waals surface area (Å²) in [5, 5.41) is 7.12. The molecule has 33 heavy (non-hydrogen) atoms. The normalized spacial score (nSPS) is 21.0. The lowest BCUT2D eigenvalue weighted by Crippen LogP contribution is -2.67. The zero-order valence-corrected chi connectivity index (χ0v) is 18.6. The van der Waals surface area contributed by atoms with Crippen molar-refractivity contribution < 1.29 is 36.2 Å². The molecule has 0 radical (unpaired) electrons. The number of carboxylic acids is 1. The van der Waals surface area contributed by atoms with Gasteiger partial charge in [-0.05, 0) is 30.5 Å². The largest absolute Gasteiger partial charge is 0.490 e. The molecule has 1 spiro atoms. The van der Waals surface area contributed by atoms with Gasteiger partial charge in [0.25, 0.3) is 0 Å². The summed E-state index contributed by atoms with van der Waals surface area (Å²) in [6.45, 7) is 4.38. The number of likely N-dealkylation sites (tertiary alicyclic amines) is 1. The molecule has 4 rings (SSSR count). The molecule has 1 N–H and O–H groups in total. The standard InChI is InChI=1S/C19H23N3O3S.C2HF3O2/c1-15-5-2-3-6-16(15)11-22-13-19(14-22)17(7-10-26(19,23)24)12-25-18-20-8-4-9-21-18;3-2(4,5)1(6)7/h2-6,8-9,17H,7,10-14H2,1H3;(H,6,7). The molecule has 1 aromatic heterocycles. The Kier molecular flexibility index (Phi) is 7.27. The minimum absolute atomic E-state index is 0.00979. The van der Waals surface area contributed by atoms with Crippen molar-refractivity contribution in [2.75, 3.05) is 25.4 Å². The number of ether oxygens (including phenoxy) is 1. The summed E-state index contributed by atoms with van der Waals surface area (Å²) in [6, 6.07) is 10.3. The summed E-state index contributed by atoms with van der Waals surface area (Å²) in [6.07, 6.45) is -1.19. The van der Waals surface area contributed by atoms with Crippen LogP contribution in [0.25, 0.3) is 0 Å².